The van der Waals surface area contributed by atoms with E-state index in [4.69, 9.17) is 0 Å². The summed E-state index contributed by atoms with van der Waals surface area (Å²) in [5.41, 5.74) is 0.558. The van der Waals surface area contributed by atoms with Gasteiger partial charge >= 0.3 is 0 Å². The first kappa shape index (κ1) is 9.65. The van der Waals surface area contributed by atoms with Crippen LogP contribution in [-0.4, -0.2) is 23.9 Å². The van der Waals surface area contributed by atoms with Gasteiger partial charge in [0.15, 0.2) is 11.4 Å². The average molecular weight is 210 g/mol. The van der Waals surface area contributed by atoms with Gasteiger partial charge in [-0.3, -0.25) is 4.79 Å². The van der Waals surface area contributed by atoms with Crippen LogP contribution in [0, 0.1) is 0 Å². The maximum absolute atomic E-state index is 10.5. The zero-order valence-electron chi connectivity index (χ0n) is 8.27. The van der Waals surface area contributed by atoms with Crippen molar-refractivity contribution in [2.24, 2.45) is 0 Å². The monoisotopic (exact) mass is 210 g/mol. The molecule has 0 N–H and O–H groups in total. The fourth-order valence-electron chi connectivity index (χ4n) is 1.84. The summed E-state index contributed by atoms with van der Waals surface area (Å²) in [6.07, 6.45) is 4.59. The van der Waals surface area contributed by atoms with Crippen molar-refractivity contribution in [3.8, 4) is 0 Å². The summed E-state index contributed by atoms with van der Waals surface area (Å²) in [5.74, 6) is 0. The van der Waals surface area contributed by atoms with E-state index in [0.29, 0.717) is 11.7 Å². The molecule has 0 bridgehead atoms. The van der Waals surface area contributed by atoms with Crippen molar-refractivity contribution in [1.29, 1.82) is 0 Å². The Labute approximate surface area is 87.8 Å². The first-order valence-electron chi connectivity index (χ1n) is 4.98. The van der Waals surface area contributed by atoms with E-state index in [2.05, 4.69) is 16.8 Å². The molecule has 1 unspecified atom stereocenters. The molecule has 3 nitrogen and oxygen atoms in total. The molecule has 1 aliphatic heterocycles. The molecule has 1 aromatic heterocycles. The smallest absolute Gasteiger partial charge is 0.186 e. The van der Waals surface area contributed by atoms with Crippen LogP contribution in [0.25, 0.3) is 0 Å². The third-order valence-electron chi connectivity index (χ3n) is 2.68. The number of carbonyl (C=O) groups excluding carboxylic acids is 1. The molecule has 0 aromatic carbocycles. The number of hydrogen-bond acceptors (Lipinski definition) is 4. The summed E-state index contributed by atoms with van der Waals surface area (Å²) in [6, 6.07) is 0.564. The number of rotatable bonds is 2. The minimum Gasteiger partial charge on any atom is -0.345 e. The van der Waals surface area contributed by atoms with Crippen LogP contribution >= 0.6 is 11.3 Å². The maximum Gasteiger partial charge on any atom is 0.186 e. The number of aldehydes is 1. The van der Waals surface area contributed by atoms with Crippen molar-refractivity contribution >= 4 is 22.8 Å². The Kier molecular flexibility index (Phi) is 2.82. The predicted molar refractivity (Wildman–Crippen MR) is 58.2 cm³/mol. The van der Waals surface area contributed by atoms with Crippen molar-refractivity contribution in [2.45, 2.75) is 32.2 Å². The third kappa shape index (κ3) is 1.80. The lowest BCUT2D eigenvalue weighted by atomic mass is 10.1. The number of anilines is 1. The largest absolute Gasteiger partial charge is 0.345 e. The molecule has 4 heteroatoms. The summed E-state index contributed by atoms with van der Waals surface area (Å²) in [6.45, 7) is 3.30. The van der Waals surface area contributed by atoms with Gasteiger partial charge < -0.3 is 4.90 Å². The van der Waals surface area contributed by atoms with E-state index in [9.17, 15) is 4.79 Å². The summed E-state index contributed by atoms with van der Waals surface area (Å²) in [7, 11) is 0. The first-order valence-corrected chi connectivity index (χ1v) is 5.86. The van der Waals surface area contributed by atoms with E-state index in [-0.39, 0.29) is 0 Å². The second-order valence-electron chi connectivity index (χ2n) is 3.71. The average Bonchev–Trinajstić information content (AvgIpc) is 2.67. The standard InChI is InChI=1S/C10H14N2OS/c1-8-4-2-3-5-12(8)10-11-9(6-13)7-14-10/h6-8H,2-5H2,1H3. The summed E-state index contributed by atoms with van der Waals surface area (Å²) < 4.78 is 0. The van der Waals surface area contributed by atoms with E-state index < -0.39 is 0 Å². The lowest BCUT2D eigenvalue weighted by Gasteiger charge is -2.32. The minimum absolute atomic E-state index is 0.558. The van der Waals surface area contributed by atoms with Gasteiger partial charge in [-0.15, -0.1) is 11.3 Å². The van der Waals surface area contributed by atoms with Crippen molar-refractivity contribution in [1.82, 2.24) is 4.98 Å². The van der Waals surface area contributed by atoms with Gasteiger partial charge in [-0.25, -0.2) is 4.98 Å². The van der Waals surface area contributed by atoms with Gasteiger partial charge in [-0.2, -0.15) is 0 Å². The molecule has 1 aromatic rings. The molecule has 14 heavy (non-hydrogen) atoms. The highest BCUT2D eigenvalue weighted by Crippen LogP contribution is 2.27. The van der Waals surface area contributed by atoms with Gasteiger partial charge in [0.05, 0.1) is 0 Å². The molecule has 0 aliphatic carbocycles. The van der Waals surface area contributed by atoms with E-state index in [1.807, 2.05) is 5.38 Å². The molecular weight excluding hydrogens is 196 g/mol. The number of nitrogens with zero attached hydrogens (tertiary/aromatic N) is 2. The highest BCUT2D eigenvalue weighted by Gasteiger charge is 2.20. The van der Waals surface area contributed by atoms with Crippen LogP contribution in [0.5, 0.6) is 0 Å². The quantitative estimate of drug-likeness (QED) is 0.702. The molecule has 1 saturated heterocycles. The number of thiazole rings is 1. The molecule has 2 heterocycles. The Morgan fingerprint density at radius 1 is 1.64 bits per heavy atom. The van der Waals surface area contributed by atoms with Crippen LogP contribution in [0.4, 0.5) is 5.13 Å². The molecule has 1 atom stereocenters. The molecule has 0 spiro atoms. The van der Waals surface area contributed by atoms with Crippen LogP contribution in [-0.2, 0) is 0 Å². The minimum atomic E-state index is 0.558. The van der Waals surface area contributed by atoms with Crippen molar-refractivity contribution in [3.63, 3.8) is 0 Å². The zero-order chi connectivity index (χ0) is 9.97. The van der Waals surface area contributed by atoms with Crippen molar-refractivity contribution < 1.29 is 4.79 Å². The number of hydrogen-bond donors (Lipinski definition) is 0. The van der Waals surface area contributed by atoms with Gasteiger partial charge in [0, 0.05) is 18.0 Å². The van der Waals surface area contributed by atoms with E-state index >= 15 is 0 Å². The van der Waals surface area contributed by atoms with Gasteiger partial charge in [-0.1, -0.05) is 0 Å². The number of aromatic nitrogens is 1. The van der Waals surface area contributed by atoms with Crippen LogP contribution in [0.1, 0.15) is 36.7 Å². The molecule has 2 rings (SSSR count). The van der Waals surface area contributed by atoms with Crippen molar-refractivity contribution in [2.75, 3.05) is 11.4 Å². The van der Waals surface area contributed by atoms with Gasteiger partial charge in [-0.05, 0) is 26.2 Å². The number of piperidine rings is 1. The van der Waals surface area contributed by atoms with Gasteiger partial charge in [0.1, 0.15) is 5.69 Å². The van der Waals surface area contributed by atoms with Crippen LogP contribution in [0.3, 0.4) is 0 Å². The highest BCUT2D eigenvalue weighted by atomic mass is 32.1. The Bertz CT molecular complexity index is 324. The first-order chi connectivity index (χ1) is 6.81. The molecule has 1 aliphatic rings. The SMILES string of the molecule is CC1CCCCN1c1nc(C=O)cs1. The van der Waals surface area contributed by atoms with Crippen LogP contribution in [0.15, 0.2) is 5.38 Å². The lowest BCUT2D eigenvalue weighted by molar-refractivity contribution is 0.111. The normalized spacial score (nSPS) is 22.4. The van der Waals surface area contributed by atoms with Crippen LogP contribution in [0.2, 0.25) is 0 Å². The second-order valence-corrected chi connectivity index (χ2v) is 4.55. The Morgan fingerprint density at radius 3 is 3.14 bits per heavy atom. The topological polar surface area (TPSA) is 33.2 Å². The number of carbonyl (C=O) groups is 1. The summed E-state index contributed by atoms with van der Waals surface area (Å²) in [4.78, 5) is 17.1. The Morgan fingerprint density at radius 2 is 2.50 bits per heavy atom. The Hall–Kier alpha value is -0.900. The molecule has 0 saturated carbocycles. The predicted octanol–water partition coefficient (Wildman–Crippen LogP) is 2.33. The van der Waals surface area contributed by atoms with Gasteiger partial charge in [0.2, 0.25) is 0 Å². The summed E-state index contributed by atoms with van der Waals surface area (Å²) >= 11 is 1.57. The third-order valence-corrected chi connectivity index (χ3v) is 3.58. The Balaban J connectivity index is 2.16. The molecule has 0 amide bonds. The zero-order valence-corrected chi connectivity index (χ0v) is 9.09. The highest BCUT2D eigenvalue weighted by molar-refractivity contribution is 7.13. The van der Waals surface area contributed by atoms with E-state index in [1.54, 1.807) is 11.3 Å². The second kappa shape index (κ2) is 4.09. The van der Waals surface area contributed by atoms with Crippen molar-refractivity contribution in [3.05, 3.63) is 11.1 Å². The van der Waals surface area contributed by atoms with E-state index in [0.717, 1.165) is 18.0 Å². The van der Waals surface area contributed by atoms with E-state index in [1.165, 1.54) is 19.3 Å². The summed E-state index contributed by atoms with van der Waals surface area (Å²) in [5, 5.41) is 2.82. The molecule has 76 valence electrons. The molecule has 1 fully saturated rings. The fraction of sp³-hybridized carbons (Fsp3) is 0.600. The molecule has 0 radical (unpaired) electrons. The van der Waals surface area contributed by atoms with Gasteiger partial charge in [0.25, 0.3) is 0 Å². The maximum atomic E-state index is 10.5. The van der Waals surface area contributed by atoms with Crippen LogP contribution < -0.4 is 4.90 Å². The lowest BCUT2D eigenvalue weighted by Crippen LogP contribution is -2.37. The molecular formula is C10H14N2OS. The fourth-order valence-corrected chi connectivity index (χ4v) is 2.74.